The minimum Gasteiger partial charge on any atom is -0.493 e. The number of halogens is 3. The summed E-state index contributed by atoms with van der Waals surface area (Å²) < 4.78 is 44.5. The summed E-state index contributed by atoms with van der Waals surface area (Å²) in [6.45, 7) is 0.637. The third-order valence-corrected chi connectivity index (χ3v) is 3.24. The van der Waals surface area contributed by atoms with Crippen molar-refractivity contribution in [3.63, 3.8) is 0 Å². The normalized spacial score (nSPS) is 14.8. The molecular formula is C16H18F3NO. The van der Waals surface area contributed by atoms with Gasteiger partial charge in [-0.15, -0.1) is 12.3 Å². The lowest BCUT2D eigenvalue weighted by Gasteiger charge is -2.15. The first-order chi connectivity index (χ1) is 10.0. The van der Waals surface area contributed by atoms with E-state index in [-0.39, 0.29) is 12.4 Å². The minimum absolute atomic E-state index is 0.130. The Balaban J connectivity index is 2.05. The third-order valence-electron chi connectivity index (χ3n) is 3.24. The lowest BCUT2D eigenvalue weighted by molar-refractivity contribution is -0.139. The largest absolute Gasteiger partial charge is 0.493 e. The molecule has 1 aliphatic carbocycles. The molecule has 0 atom stereocenters. The number of ether oxygens (including phenoxy) is 1. The summed E-state index contributed by atoms with van der Waals surface area (Å²) in [5.74, 6) is 2.30. The molecule has 114 valence electrons. The van der Waals surface area contributed by atoms with Crippen LogP contribution in [0.2, 0.25) is 0 Å². The van der Waals surface area contributed by atoms with Crippen LogP contribution in [0, 0.1) is 12.3 Å². The van der Waals surface area contributed by atoms with Crippen molar-refractivity contribution in [2.24, 2.45) is 0 Å². The minimum atomic E-state index is -4.42. The molecule has 5 heteroatoms. The molecule has 0 aromatic heterocycles. The third kappa shape index (κ3) is 4.98. The van der Waals surface area contributed by atoms with Gasteiger partial charge in [0.25, 0.3) is 0 Å². The highest BCUT2D eigenvalue weighted by Gasteiger charge is 2.34. The van der Waals surface area contributed by atoms with E-state index in [1.807, 2.05) is 0 Å². The molecule has 1 N–H and O–H groups in total. The summed E-state index contributed by atoms with van der Waals surface area (Å²) in [6.07, 6.45) is 3.91. The molecule has 1 aliphatic rings. The van der Waals surface area contributed by atoms with Crippen molar-refractivity contribution >= 4 is 0 Å². The first-order valence-corrected chi connectivity index (χ1v) is 7.00. The Morgan fingerprint density at radius 3 is 2.71 bits per heavy atom. The Bertz CT molecular complexity index is 515. The fourth-order valence-corrected chi connectivity index (χ4v) is 1.94. The van der Waals surface area contributed by atoms with Gasteiger partial charge in [-0.25, -0.2) is 0 Å². The topological polar surface area (TPSA) is 21.3 Å². The number of nitrogens with one attached hydrogen (secondary N) is 1. The number of hydrogen-bond donors (Lipinski definition) is 1. The van der Waals surface area contributed by atoms with E-state index in [4.69, 9.17) is 11.2 Å². The molecule has 2 rings (SSSR count). The lowest BCUT2D eigenvalue weighted by atomic mass is 10.1. The summed E-state index contributed by atoms with van der Waals surface area (Å²) in [7, 11) is 0. The zero-order valence-corrected chi connectivity index (χ0v) is 11.7. The fourth-order valence-electron chi connectivity index (χ4n) is 1.94. The van der Waals surface area contributed by atoms with Crippen molar-refractivity contribution in [1.82, 2.24) is 5.32 Å². The molecule has 0 amide bonds. The Hall–Kier alpha value is -1.67. The van der Waals surface area contributed by atoms with E-state index in [1.54, 1.807) is 6.07 Å². The van der Waals surface area contributed by atoms with Gasteiger partial charge in [-0.3, -0.25) is 0 Å². The monoisotopic (exact) mass is 297 g/mol. The van der Waals surface area contributed by atoms with Crippen molar-refractivity contribution in [1.29, 1.82) is 0 Å². The van der Waals surface area contributed by atoms with Crippen LogP contribution in [0.1, 0.15) is 36.8 Å². The number of unbranched alkanes of at least 4 members (excludes halogenated alkanes) is 1. The van der Waals surface area contributed by atoms with Crippen LogP contribution < -0.4 is 10.1 Å². The van der Waals surface area contributed by atoms with Gasteiger partial charge in [-0.2, -0.15) is 13.2 Å². The molecule has 1 aromatic rings. The van der Waals surface area contributed by atoms with Gasteiger partial charge in [0.2, 0.25) is 0 Å². The summed E-state index contributed by atoms with van der Waals surface area (Å²) in [5.41, 5.74) is -0.108. The highest BCUT2D eigenvalue weighted by atomic mass is 19.4. The Labute approximate surface area is 122 Å². The van der Waals surface area contributed by atoms with Crippen molar-refractivity contribution < 1.29 is 17.9 Å². The van der Waals surface area contributed by atoms with Crippen LogP contribution in [0.3, 0.4) is 0 Å². The van der Waals surface area contributed by atoms with E-state index >= 15 is 0 Å². The molecular weight excluding hydrogens is 279 g/mol. The highest BCUT2D eigenvalue weighted by molar-refractivity contribution is 5.39. The second-order valence-electron chi connectivity index (χ2n) is 5.14. The van der Waals surface area contributed by atoms with E-state index in [2.05, 4.69) is 11.2 Å². The molecule has 21 heavy (non-hydrogen) atoms. The second-order valence-corrected chi connectivity index (χ2v) is 5.14. The van der Waals surface area contributed by atoms with E-state index in [1.165, 1.54) is 6.07 Å². The first-order valence-electron chi connectivity index (χ1n) is 7.00. The molecule has 1 saturated carbocycles. The van der Waals surface area contributed by atoms with Crippen molar-refractivity contribution in [3.05, 3.63) is 29.3 Å². The molecule has 1 fully saturated rings. The molecule has 1 aromatic carbocycles. The van der Waals surface area contributed by atoms with Gasteiger partial charge in [0, 0.05) is 19.0 Å². The molecule has 0 bridgehead atoms. The van der Waals surface area contributed by atoms with Crippen LogP contribution in [-0.4, -0.2) is 12.6 Å². The summed E-state index contributed by atoms with van der Waals surface area (Å²) in [5, 5.41) is 3.20. The number of alkyl halides is 3. The van der Waals surface area contributed by atoms with Gasteiger partial charge in [-0.05, 0) is 37.0 Å². The van der Waals surface area contributed by atoms with E-state index in [9.17, 15) is 13.2 Å². The molecule has 2 nitrogen and oxygen atoms in total. The van der Waals surface area contributed by atoms with Crippen LogP contribution >= 0.6 is 0 Å². The number of hydrogen-bond acceptors (Lipinski definition) is 2. The van der Waals surface area contributed by atoms with Crippen molar-refractivity contribution in [2.75, 3.05) is 6.61 Å². The number of benzene rings is 1. The second kappa shape index (κ2) is 6.86. The zero-order chi connectivity index (χ0) is 15.3. The van der Waals surface area contributed by atoms with Gasteiger partial charge in [-0.1, -0.05) is 6.07 Å². The number of rotatable bonds is 7. The molecule has 0 aliphatic heterocycles. The van der Waals surface area contributed by atoms with E-state index in [0.717, 1.165) is 18.9 Å². The maximum atomic E-state index is 13.1. The molecule has 0 heterocycles. The maximum Gasteiger partial charge on any atom is 0.419 e. The van der Waals surface area contributed by atoms with E-state index < -0.39 is 11.7 Å². The average Bonchev–Trinajstić information content (AvgIpc) is 3.25. The van der Waals surface area contributed by atoms with Crippen LogP contribution in [0.15, 0.2) is 18.2 Å². The van der Waals surface area contributed by atoms with Gasteiger partial charge >= 0.3 is 6.18 Å². The molecule has 0 unspecified atom stereocenters. The van der Waals surface area contributed by atoms with Gasteiger partial charge in [0.15, 0.2) is 0 Å². The fraction of sp³-hybridized carbons (Fsp3) is 0.500. The molecule has 0 radical (unpaired) electrons. The summed E-state index contributed by atoms with van der Waals surface area (Å²) in [4.78, 5) is 0. The lowest BCUT2D eigenvalue weighted by Crippen LogP contribution is -2.16. The zero-order valence-electron chi connectivity index (χ0n) is 11.7. The SMILES string of the molecule is C#CCCCOc1ccc(CNC2CC2)cc1C(F)(F)F. The van der Waals surface area contributed by atoms with E-state index in [0.29, 0.717) is 31.0 Å². The maximum absolute atomic E-state index is 13.1. The highest BCUT2D eigenvalue weighted by Crippen LogP contribution is 2.37. The van der Waals surface area contributed by atoms with Crippen LogP contribution in [-0.2, 0) is 12.7 Å². The Morgan fingerprint density at radius 2 is 2.10 bits per heavy atom. The van der Waals surface area contributed by atoms with Crippen LogP contribution in [0.5, 0.6) is 5.75 Å². The predicted molar refractivity (Wildman–Crippen MR) is 74.9 cm³/mol. The quantitative estimate of drug-likeness (QED) is 0.611. The van der Waals surface area contributed by atoms with Crippen molar-refractivity contribution in [2.45, 2.75) is 44.4 Å². The predicted octanol–water partition coefficient (Wildman–Crippen LogP) is 3.75. The van der Waals surface area contributed by atoms with Crippen molar-refractivity contribution in [3.8, 4) is 18.1 Å². The molecule has 0 spiro atoms. The molecule has 0 saturated heterocycles. The Kier molecular flexibility index (Phi) is 5.13. The summed E-state index contributed by atoms with van der Waals surface area (Å²) >= 11 is 0. The van der Waals surface area contributed by atoms with Gasteiger partial charge < -0.3 is 10.1 Å². The van der Waals surface area contributed by atoms with Crippen LogP contribution in [0.4, 0.5) is 13.2 Å². The average molecular weight is 297 g/mol. The Morgan fingerprint density at radius 1 is 1.33 bits per heavy atom. The number of terminal acetylenes is 1. The first kappa shape index (κ1) is 15.7. The van der Waals surface area contributed by atoms with Crippen LogP contribution in [0.25, 0.3) is 0 Å². The van der Waals surface area contributed by atoms with Gasteiger partial charge in [0.05, 0.1) is 12.2 Å². The smallest absolute Gasteiger partial charge is 0.419 e. The van der Waals surface area contributed by atoms with Gasteiger partial charge in [0.1, 0.15) is 5.75 Å². The standard InChI is InChI=1S/C16H18F3NO/c1-2-3-4-9-21-15-8-5-12(11-20-13-6-7-13)10-14(15)16(17,18)19/h1,5,8,10,13,20H,3-4,6-7,9,11H2. The summed E-state index contributed by atoms with van der Waals surface area (Å²) in [6, 6.07) is 4.68.